The first-order valence-electron chi connectivity index (χ1n) is 19.8. The Hall–Kier alpha value is -7.08. The van der Waals surface area contributed by atoms with Crippen LogP contribution in [0.4, 0.5) is 0 Å². The smallest absolute Gasteiger partial charge is 0.164 e. The Morgan fingerprint density at radius 1 is 0.569 bits per heavy atom. The van der Waals surface area contributed by atoms with E-state index in [4.69, 9.17) is 14.4 Å². The summed E-state index contributed by atoms with van der Waals surface area (Å²) in [7, 11) is 0. The van der Waals surface area contributed by atoms with E-state index in [1.165, 1.54) is 59.7 Å². The highest BCUT2D eigenvalue weighted by molar-refractivity contribution is 7.26. The van der Waals surface area contributed by atoms with Gasteiger partial charge in [0.1, 0.15) is 11.2 Å². The number of benzene rings is 8. The van der Waals surface area contributed by atoms with Gasteiger partial charge in [-0.25, -0.2) is 9.97 Å². The second-order valence-corrected chi connectivity index (χ2v) is 17.2. The number of hydrogen-bond donors (Lipinski definition) is 0. The Bertz CT molecular complexity index is 3720. The summed E-state index contributed by atoms with van der Waals surface area (Å²) in [6.45, 7) is 4.75. The lowest BCUT2D eigenvalue weighted by atomic mass is 9.73. The normalized spacial score (nSPS) is 13.5. The SMILES string of the molecule is CC1(C)c2cc3ccccc3cc2-n2c3ccccc3c3c(-c4ccc5c(c4)oc4c(-c6nc(-c7ccccc7)c7sc8ccccc8c7n6)cccc45)ccc1c32. The maximum absolute atomic E-state index is 6.93. The molecule has 0 atom stereocenters. The van der Waals surface area contributed by atoms with Gasteiger partial charge in [-0.2, -0.15) is 0 Å². The number of rotatable bonds is 3. The highest BCUT2D eigenvalue weighted by Gasteiger charge is 2.36. The predicted molar refractivity (Wildman–Crippen MR) is 242 cm³/mol. The summed E-state index contributed by atoms with van der Waals surface area (Å²) in [5.74, 6) is 0.662. The molecule has 0 amide bonds. The van der Waals surface area contributed by atoms with E-state index in [-0.39, 0.29) is 5.41 Å². The van der Waals surface area contributed by atoms with Crippen molar-refractivity contribution in [3.63, 3.8) is 0 Å². The molecule has 12 aromatic rings. The zero-order chi connectivity index (χ0) is 38.3. The molecule has 8 aromatic carbocycles. The van der Waals surface area contributed by atoms with Crippen molar-refractivity contribution in [2.75, 3.05) is 0 Å². The number of thiophene rings is 1. The van der Waals surface area contributed by atoms with E-state index in [0.29, 0.717) is 5.82 Å². The fraction of sp³-hybridized carbons (Fsp3) is 0.0566. The minimum absolute atomic E-state index is 0.194. The summed E-state index contributed by atoms with van der Waals surface area (Å²) in [5, 5.41) is 8.31. The van der Waals surface area contributed by atoms with Gasteiger partial charge in [0.15, 0.2) is 5.82 Å². The topological polar surface area (TPSA) is 43.9 Å². The predicted octanol–water partition coefficient (Wildman–Crippen LogP) is 14.6. The van der Waals surface area contributed by atoms with Gasteiger partial charge in [0, 0.05) is 42.6 Å². The van der Waals surface area contributed by atoms with Crippen molar-refractivity contribution >= 4 is 86.2 Å². The first kappa shape index (κ1) is 32.1. The lowest BCUT2D eigenvalue weighted by Gasteiger charge is -2.35. The molecule has 0 spiro atoms. The molecule has 0 saturated carbocycles. The lowest BCUT2D eigenvalue weighted by Crippen LogP contribution is -2.26. The Kier molecular flexibility index (Phi) is 6.36. The van der Waals surface area contributed by atoms with Crippen LogP contribution in [0, 0.1) is 0 Å². The van der Waals surface area contributed by atoms with Crippen LogP contribution >= 0.6 is 11.3 Å². The summed E-state index contributed by atoms with van der Waals surface area (Å²) in [6, 6.07) is 59.1. The first-order chi connectivity index (χ1) is 28.5. The molecular weight excluding hydrogens is 727 g/mol. The van der Waals surface area contributed by atoms with Crippen LogP contribution in [0.1, 0.15) is 25.0 Å². The van der Waals surface area contributed by atoms with Gasteiger partial charge in [-0.3, -0.25) is 0 Å². The van der Waals surface area contributed by atoms with E-state index in [2.05, 4.69) is 176 Å². The van der Waals surface area contributed by atoms with E-state index >= 15 is 0 Å². The fourth-order valence-electron chi connectivity index (χ4n) is 9.80. The number of nitrogens with zero attached hydrogens (tertiary/aromatic N) is 3. The average Bonchev–Trinajstić information content (AvgIpc) is 3.95. The third-order valence-corrected chi connectivity index (χ3v) is 13.8. The quantitative estimate of drug-likeness (QED) is 0.180. The third kappa shape index (κ3) is 4.28. The fourth-order valence-corrected chi connectivity index (χ4v) is 10.9. The number of para-hydroxylation sites is 2. The van der Waals surface area contributed by atoms with Gasteiger partial charge in [-0.1, -0.05) is 135 Å². The largest absolute Gasteiger partial charge is 0.455 e. The Morgan fingerprint density at radius 3 is 2.21 bits per heavy atom. The van der Waals surface area contributed by atoms with Gasteiger partial charge in [0.2, 0.25) is 0 Å². The van der Waals surface area contributed by atoms with E-state index in [0.717, 1.165) is 59.9 Å². The minimum atomic E-state index is -0.194. The van der Waals surface area contributed by atoms with Crippen LogP contribution in [0.3, 0.4) is 0 Å². The molecule has 0 N–H and O–H groups in total. The van der Waals surface area contributed by atoms with Crippen molar-refractivity contribution in [1.82, 2.24) is 14.5 Å². The molecule has 0 fully saturated rings. The van der Waals surface area contributed by atoms with E-state index < -0.39 is 0 Å². The molecule has 4 aromatic heterocycles. The van der Waals surface area contributed by atoms with Crippen molar-refractivity contribution in [3.05, 3.63) is 175 Å². The number of hydrogen-bond acceptors (Lipinski definition) is 4. The van der Waals surface area contributed by atoms with Crippen LogP contribution in [0.25, 0.3) is 114 Å². The third-order valence-electron chi connectivity index (χ3n) is 12.6. The van der Waals surface area contributed by atoms with Gasteiger partial charge in [0.05, 0.1) is 38.2 Å². The van der Waals surface area contributed by atoms with Crippen LogP contribution in [0.2, 0.25) is 0 Å². The Labute approximate surface area is 337 Å². The van der Waals surface area contributed by atoms with Gasteiger partial charge >= 0.3 is 0 Å². The molecule has 13 rings (SSSR count). The van der Waals surface area contributed by atoms with Crippen molar-refractivity contribution < 1.29 is 4.42 Å². The molecule has 0 saturated heterocycles. The zero-order valence-electron chi connectivity index (χ0n) is 31.7. The monoisotopic (exact) mass is 759 g/mol. The molecule has 0 bridgehead atoms. The molecule has 0 aliphatic carbocycles. The highest BCUT2D eigenvalue weighted by atomic mass is 32.1. The van der Waals surface area contributed by atoms with Gasteiger partial charge in [0.25, 0.3) is 0 Å². The molecular formula is C53H33N3OS. The lowest BCUT2D eigenvalue weighted by molar-refractivity contribution is 0.631. The Morgan fingerprint density at radius 2 is 1.33 bits per heavy atom. The molecule has 0 radical (unpaired) electrons. The number of aromatic nitrogens is 3. The molecule has 5 heteroatoms. The Balaban J connectivity index is 1.03. The van der Waals surface area contributed by atoms with Crippen molar-refractivity contribution in [1.29, 1.82) is 0 Å². The van der Waals surface area contributed by atoms with E-state index in [1.807, 2.05) is 6.07 Å². The molecule has 272 valence electrons. The highest BCUT2D eigenvalue weighted by Crippen LogP contribution is 2.51. The first-order valence-corrected chi connectivity index (χ1v) is 20.6. The van der Waals surface area contributed by atoms with Crippen LogP contribution in [0.5, 0.6) is 0 Å². The standard InChI is InChI=1S/C53H33N3OS/c1-53(2)40-26-25-34(46-37-17-8-10-21-42(37)56(49(40)46)43-28-32-16-7-6-15-31(32)27-41(43)53)33-23-24-35-36-19-12-20-39(50(36)57-44(35)29-33)52-54-47(30-13-4-3-5-14-30)51-48(55-52)38-18-9-11-22-45(38)58-51/h3-29H,1-2H3. The van der Waals surface area contributed by atoms with Crippen LogP contribution in [-0.4, -0.2) is 14.5 Å². The second kappa shape index (κ2) is 11.5. The van der Waals surface area contributed by atoms with Crippen molar-refractivity contribution in [3.8, 4) is 39.5 Å². The van der Waals surface area contributed by atoms with Crippen LogP contribution in [0.15, 0.2) is 168 Å². The minimum Gasteiger partial charge on any atom is -0.455 e. The summed E-state index contributed by atoms with van der Waals surface area (Å²) in [5.41, 5.74) is 14.1. The zero-order valence-corrected chi connectivity index (χ0v) is 32.6. The average molecular weight is 760 g/mol. The molecule has 1 aliphatic heterocycles. The molecule has 4 nitrogen and oxygen atoms in total. The van der Waals surface area contributed by atoms with Crippen molar-refractivity contribution in [2.45, 2.75) is 19.3 Å². The molecule has 1 aliphatic rings. The van der Waals surface area contributed by atoms with E-state index in [1.54, 1.807) is 11.3 Å². The van der Waals surface area contributed by atoms with Gasteiger partial charge < -0.3 is 8.98 Å². The van der Waals surface area contributed by atoms with Crippen molar-refractivity contribution in [2.24, 2.45) is 0 Å². The summed E-state index contributed by atoms with van der Waals surface area (Å²) >= 11 is 1.75. The molecule has 58 heavy (non-hydrogen) atoms. The summed E-state index contributed by atoms with van der Waals surface area (Å²) in [4.78, 5) is 10.6. The van der Waals surface area contributed by atoms with Gasteiger partial charge in [-0.15, -0.1) is 11.3 Å². The van der Waals surface area contributed by atoms with Crippen LogP contribution in [-0.2, 0) is 5.41 Å². The van der Waals surface area contributed by atoms with E-state index in [9.17, 15) is 0 Å². The summed E-state index contributed by atoms with van der Waals surface area (Å²) in [6.07, 6.45) is 0. The maximum atomic E-state index is 6.93. The number of fused-ring (bicyclic) bond motifs is 12. The summed E-state index contributed by atoms with van der Waals surface area (Å²) < 4.78 is 11.7. The maximum Gasteiger partial charge on any atom is 0.164 e. The molecule has 0 unspecified atom stereocenters. The van der Waals surface area contributed by atoms with Gasteiger partial charge in [-0.05, 0) is 75.5 Å². The number of furan rings is 1. The van der Waals surface area contributed by atoms with Crippen LogP contribution < -0.4 is 0 Å². The second-order valence-electron chi connectivity index (χ2n) is 16.1. The molecule has 5 heterocycles.